The van der Waals surface area contributed by atoms with Crippen LogP contribution in [0.15, 0.2) is 63.8 Å². The van der Waals surface area contributed by atoms with Gasteiger partial charge in [-0.05, 0) is 61.3 Å². The molecule has 2 aromatic carbocycles. The van der Waals surface area contributed by atoms with E-state index in [1.54, 1.807) is 4.90 Å². The zero-order chi connectivity index (χ0) is 24.4. The minimum absolute atomic E-state index is 0.120. The highest BCUT2D eigenvalue weighted by molar-refractivity contribution is 5.96. The highest BCUT2D eigenvalue weighted by atomic mass is 16.4. The molecule has 1 heterocycles. The molecule has 0 spiro atoms. The third kappa shape index (κ3) is 5.04. The van der Waals surface area contributed by atoms with Crippen molar-refractivity contribution in [1.82, 2.24) is 0 Å². The summed E-state index contributed by atoms with van der Waals surface area (Å²) in [4.78, 5) is 27.4. The lowest BCUT2D eigenvalue weighted by Gasteiger charge is -2.25. The van der Waals surface area contributed by atoms with E-state index in [1.165, 1.54) is 0 Å². The fourth-order valence-electron chi connectivity index (χ4n) is 5.37. The van der Waals surface area contributed by atoms with Crippen LogP contribution in [-0.4, -0.2) is 11.0 Å². The molecule has 1 radical (unpaired) electrons. The Bertz CT molecular complexity index is 1260. The number of carbonyl (C=O) groups excluding carboxylic acids is 1. The van der Waals surface area contributed by atoms with Crippen LogP contribution in [0.25, 0.3) is 0 Å². The Morgan fingerprint density at radius 1 is 1.03 bits per heavy atom. The van der Waals surface area contributed by atoms with Gasteiger partial charge in [-0.15, -0.1) is 0 Å². The molecule has 1 aromatic heterocycles. The van der Waals surface area contributed by atoms with Gasteiger partial charge in [-0.25, -0.2) is 4.79 Å². The number of nitrogens with zero attached hydrogens (tertiary/aromatic N) is 1. The summed E-state index contributed by atoms with van der Waals surface area (Å²) in [5.41, 5.74) is 3.40. The second kappa shape index (κ2) is 10.1. The number of carbonyl (C=O) groups is 1. The van der Waals surface area contributed by atoms with Crippen LogP contribution < -0.4 is 10.5 Å². The predicted octanol–water partition coefficient (Wildman–Crippen LogP) is 5.91. The summed E-state index contributed by atoms with van der Waals surface area (Å²) in [5, 5.41) is 11.4. The van der Waals surface area contributed by atoms with Crippen LogP contribution in [0, 0.1) is 12.8 Å². The molecule has 1 atom stereocenters. The molecular formula is C30H32NO4. The van der Waals surface area contributed by atoms with Gasteiger partial charge in [-0.2, -0.15) is 0 Å². The van der Waals surface area contributed by atoms with Crippen LogP contribution in [0.4, 0.5) is 5.69 Å². The van der Waals surface area contributed by atoms with Crippen molar-refractivity contribution in [3.05, 3.63) is 100.0 Å². The maximum absolute atomic E-state index is 13.2. The van der Waals surface area contributed by atoms with Crippen molar-refractivity contribution in [3.8, 4) is 5.75 Å². The first kappa shape index (κ1) is 23.4. The SMILES string of the molecule is [CH2]C(=O)N(Cc1ccccc1)c1cccc(C(c2c(O)c3c(oc2=O)CCCCCC3)C2CC2)c1. The van der Waals surface area contributed by atoms with Gasteiger partial charge >= 0.3 is 5.63 Å². The van der Waals surface area contributed by atoms with Crippen molar-refractivity contribution in [2.24, 2.45) is 5.92 Å². The molecule has 3 aromatic rings. The summed E-state index contributed by atoms with van der Waals surface area (Å²) >= 11 is 0. The van der Waals surface area contributed by atoms with E-state index in [-0.39, 0.29) is 23.5 Å². The lowest BCUT2D eigenvalue weighted by atomic mass is 9.85. The predicted molar refractivity (Wildman–Crippen MR) is 137 cm³/mol. The summed E-state index contributed by atoms with van der Waals surface area (Å²) in [7, 11) is 0. The lowest BCUT2D eigenvalue weighted by molar-refractivity contribution is -0.114. The Labute approximate surface area is 206 Å². The maximum Gasteiger partial charge on any atom is 0.343 e. The van der Waals surface area contributed by atoms with E-state index in [4.69, 9.17) is 4.42 Å². The van der Waals surface area contributed by atoms with Crippen molar-refractivity contribution in [1.29, 1.82) is 0 Å². The first-order chi connectivity index (χ1) is 17.0. The Kier molecular flexibility index (Phi) is 6.76. The van der Waals surface area contributed by atoms with Crippen LogP contribution in [0.5, 0.6) is 5.75 Å². The van der Waals surface area contributed by atoms with E-state index < -0.39 is 5.63 Å². The summed E-state index contributed by atoms with van der Waals surface area (Å²) in [6.07, 6.45) is 7.61. The Balaban J connectivity index is 1.55. The molecule has 1 unspecified atom stereocenters. The number of anilines is 1. The van der Waals surface area contributed by atoms with Crippen LogP contribution >= 0.6 is 0 Å². The molecule has 0 bridgehead atoms. The molecule has 5 nitrogen and oxygen atoms in total. The number of aryl methyl sites for hydroxylation is 1. The standard InChI is InChI=1S/C30H32NO4/c1-20(32)31(19-21-10-5-4-6-11-21)24-13-9-12-23(18-24)27(22-16-17-22)28-29(33)25-14-7-2-3-8-15-26(25)35-30(28)34/h4-6,9-13,18,22,27,33H,1-3,7-8,14-17,19H2. The van der Waals surface area contributed by atoms with Gasteiger partial charge in [0.25, 0.3) is 0 Å². The second-order valence-electron chi connectivity index (χ2n) is 9.84. The topological polar surface area (TPSA) is 70.8 Å². The molecule has 1 fully saturated rings. The number of fused-ring (bicyclic) bond motifs is 1. The van der Waals surface area contributed by atoms with Crippen molar-refractivity contribution in [2.75, 3.05) is 4.90 Å². The molecular weight excluding hydrogens is 438 g/mol. The normalized spacial score (nSPS) is 16.6. The van der Waals surface area contributed by atoms with Gasteiger partial charge in [0.2, 0.25) is 5.91 Å². The van der Waals surface area contributed by atoms with Crippen molar-refractivity contribution in [3.63, 3.8) is 0 Å². The van der Waals surface area contributed by atoms with Gasteiger partial charge in [0.05, 0.1) is 12.1 Å². The first-order valence-corrected chi connectivity index (χ1v) is 12.7. The smallest absolute Gasteiger partial charge is 0.343 e. The molecule has 2 aliphatic rings. The lowest BCUT2D eigenvalue weighted by Crippen LogP contribution is -2.28. The van der Waals surface area contributed by atoms with Crippen molar-refractivity contribution >= 4 is 11.6 Å². The number of aromatic hydroxyl groups is 1. The zero-order valence-corrected chi connectivity index (χ0v) is 20.0. The minimum Gasteiger partial charge on any atom is -0.507 e. The van der Waals surface area contributed by atoms with Gasteiger partial charge in [0.1, 0.15) is 11.5 Å². The molecule has 0 saturated heterocycles. The van der Waals surface area contributed by atoms with Gasteiger partial charge in [0.15, 0.2) is 0 Å². The quantitative estimate of drug-likeness (QED) is 0.486. The molecule has 35 heavy (non-hydrogen) atoms. The third-order valence-electron chi connectivity index (χ3n) is 7.32. The molecule has 1 N–H and O–H groups in total. The highest BCUT2D eigenvalue weighted by Gasteiger charge is 2.38. The molecule has 5 heteroatoms. The van der Waals surface area contributed by atoms with Gasteiger partial charge < -0.3 is 14.4 Å². The minimum atomic E-state index is -0.432. The summed E-state index contributed by atoms with van der Waals surface area (Å²) < 4.78 is 5.83. The highest BCUT2D eigenvalue weighted by Crippen LogP contribution is 2.49. The fourth-order valence-corrected chi connectivity index (χ4v) is 5.37. The molecule has 1 saturated carbocycles. The van der Waals surface area contributed by atoms with E-state index in [9.17, 15) is 14.7 Å². The molecule has 2 aliphatic carbocycles. The van der Waals surface area contributed by atoms with Crippen LogP contribution in [-0.2, 0) is 24.2 Å². The molecule has 0 aliphatic heterocycles. The average molecular weight is 471 g/mol. The van der Waals surface area contributed by atoms with E-state index in [2.05, 4.69) is 6.92 Å². The Morgan fingerprint density at radius 2 is 1.77 bits per heavy atom. The number of hydrogen-bond donors (Lipinski definition) is 1. The number of benzene rings is 2. The van der Waals surface area contributed by atoms with Crippen molar-refractivity contribution < 1.29 is 14.3 Å². The van der Waals surface area contributed by atoms with Crippen LogP contribution in [0.2, 0.25) is 0 Å². The Morgan fingerprint density at radius 3 is 2.49 bits per heavy atom. The number of amides is 1. The third-order valence-corrected chi connectivity index (χ3v) is 7.32. The number of hydrogen-bond acceptors (Lipinski definition) is 4. The maximum atomic E-state index is 13.2. The Hall–Kier alpha value is -3.34. The van der Waals surface area contributed by atoms with Crippen molar-refractivity contribution in [2.45, 2.75) is 63.8 Å². The van der Waals surface area contributed by atoms with Gasteiger partial charge in [-0.1, -0.05) is 55.3 Å². The van der Waals surface area contributed by atoms with Crippen LogP contribution in [0.1, 0.15) is 72.5 Å². The summed E-state index contributed by atoms with van der Waals surface area (Å²) in [6, 6.07) is 17.5. The van der Waals surface area contributed by atoms with Gasteiger partial charge in [-0.3, -0.25) is 4.79 Å². The monoisotopic (exact) mass is 470 g/mol. The largest absolute Gasteiger partial charge is 0.507 e. The van der Waals surface area contributed by atoms with Crippen LogP contribution in [0.3, 0.4) is 0 Å². The van der Waals surface area contributed by atoms with Gasteiger partial charge in [0, 0.05) is 30.5 Å². The van der Waals surface area contributed by atoms with E-state index in [1.807, 2.05) is 54.6 Å². The fraction of sp³-hybridized carbons (Fsp3) is 0.367. The zero-order valence-electron chi connectivity index (χ0n) is 20.0. The molecule has 1 amide bonds. The number of rotatable bonds is 6. The summed E-state index contributed by atoms with van der Waals surface area (Å²) in [5.74, 6) is 0.479. The second-order valence-corrected chi connectivity index (χ2v) is 9.84. The first-order valence-electron chi connectivity index (χ1n) is 12.7. The van der Waals surface area contributed by atoms with E-state index >= 15 is 0 Å². The molecule has 181 valence electrons. The average Bonchev–Trinajstić information content (AvgIpc) is 3.67. The molecule has 5 rings (SSSR count). The van der Waals surface area contributed by atoms with E-state index in [0.29, 0.717) is 24.3 Å². The summed E-state index contributed by atoms with van der Waals surface area (Å²) in [6.45, 7) is 4.08. The van der Waals surface area contributed by atoms with E-state index in [0.717, 1.165) is 67.3 Å².